The highest BCUT2D eigenvalue weighted by Gasteiger charge is 2.15. The van der Waals surface area contributed by atoms with Crippen LogP contribution in [0.3, 0.4) is 0 Å². The SMILES string of the molecule is NCc1[nH]c2ccc(Cl)cc2c1-c1ccc(Cl)cc1Cl. The molecule has 3 rings (SSSR count). The lowest BCUT2D eigenvalue weighted by Crippen LogP contribution is -1.98. The molecule has 0 amide bonds. The van der Waals surface area contributed by atoms with Gasteiger partial charge in [0.05, 0.1) is 0 Å². The molecule has 0 aliphatic heterocycles. The molecule has 0 aliphatic rings. The quantitative estimate of drug-likeness (QED) is 0.663. The van der Waals surface area contributed by atoms with Gasteiger partial charge in [-0.05, 0) is 30.3 Å². The Balaban J connectivity index is 2.36. The molecule has 0 bridgehead atoms. The van der Waals surface area contributed by atoms with Gasteiger partial charge >= 0.3 is 0 Å². The Hall–Kier alpha value is -1.19. The van der Waals surface area contributed by atoms with Crippen molar-refractivity contribution in [2.75, 3.05) is 0 Å². The number of rotatable bonds is 2. The fraction of sp³-hybridized carbons (Fsp3) is 0.0667. The van der Waals surface area contributed by atoms with Crippen LogP contribution in [-0.2, 0) is 6.54 Å². The molecule has 0 fully saturated rings. The first kappa shape index (κ1) is 13.8. The van der Waals surface area contributed by atoms with Gasteiger partial charge < -0.3 is 10.7 Å². The Kier molecular flexibility index (Phi) is 3.65. The van der Waals surface area contributed by atoms with Gasteiger partial charge in [-0.1, -0.05) is 40.9 Å². The summed E-state index contributed by atoms with van der Waals surface area (Å²) in [7, 11) is 0. The predicted octanol–water partition coefficient (Wildman–Crippen LogP) is 5.25. The van der Waals surface area contributed by atoms with Crippen LogP contribution in [0.15, 0.2) is 36.4 Å². The minimum atomic E-state index is 0.389. The van der Waals surface area contributed by atoms with E-state index in [9.17, 15) is 0 Å². The van der Waals surface area contributed by atoms with E-state index in [1.807, 2.05) is 30.3 Å². The molecule has 2 nitrogen and oxygen atoms in total. The minimum absolute atomic E-state index is 0.389. The van der Waals surface area contributed by atoms with Crippen molar-refractivity contribution in [2.45, 2.75) is 6.54 Å². The summed E-state index contributed by atoms with van der Waals surface area (Å²) in [5, 5.41) is 2.87. The summed E-state index contributed by atoms with van der Waals surface area (Å²) >= 11 is 18.4. The lowest BCUT2D eigenvalue weighted by Gasteiger charge is -2.07. The zero-order valence-corrected chi connectivity index (χ0v) is 12.7. The number of benzene rings is 2. The van der Waals surface area contributed by atoms with Crippen LogP contribution in [0.4, 0.5) is 0 Å². The molecule has 0 atom stereocenters. The Morgan fingerprint density at radius 3 is 2.35 bits per heavy atom. The van der Waals surface area contributed by atoms with Gasteiger partial charge in [-0.25, -0.2) is 0 Å². The molecular weight excluding hydrogens is 315 g/mol. The van der Waals surface area contributed by atoms with Gasteiger partial charge in [-0.2, -0.15) is 0 Å². The molecule has 0 spiro atoms. The third-order valence-electron chi connectivity index (χ3n) is 3.24. The average Bonchev–Trinajstić information content (AvgIpc) is 2.76. The standard InChI is InChI=1S/C15H11Cl3N2/c16-8-2-4-13-11(5-8)15(14(7-19)20-13)10-3-1-9(17)6-12(10)18/h1-6,20H,7,19H2. The third-order valence-corrected chi connectivity index (χ3v) is 4.03. The van der Waals surface area contributed by atoms with Crippen LogP contribution >= 0.6 is 34.8 Å². The maximum absolute atomic E-state index is 6.32. The van der Waals surface area contributed by atoms with Gasteiger partial charge in [0.25, 0.3) is 0 Å². The fourth-order valence-corrected chi connectivity index (χ4v) is 3.05. The monoisotopic (exact) mass is 324 g/mol. The summed E-state index contributed by atoms with van der Waals surface area (Å²) in [5.74, 6) is 0. The van der Waals surface area contributed by atoms with Gasteiger partial charge in [0, 0.05) is 49.3 Å². The van der Waals surface area contributed by atoms with Crippen LogP contribution in [0.2, 0.25) is 15.1 Å². The maximum Gasteiger partial charge on any atom is 0.0500 e. The number of nitrogens with one attached hydrogen (secondary N) is 1. The second-order valence-electron chi connectivity index (χ2n) is 4.50. The fourth-order valence-electron chi connectivity index (χ4n) is 2.37. The van der Waals surface area contributed by atoms with Crippen molar-refractivity contribution in [1.82, 2.24) is 4.98 Å². The topological polar surface area (TPSA) is 41.8 Å². The molecule has 20 heavy (non-hydrogen) atoms. The van der Waals surface area contributed by atoms with Crippen molar-refractivity contribution in [3.05, 3.63) is 57.2 Å². The highest BCUT2D eigenvalue weighted by Crippen LogP contribution is 2.38. The van der Waals surface area contributed by atoms with Crippen LogP contribution in [0.25, 0.3) is 22.0 Å². The van der Waals surface area contributed by atoms with E-state index in [0.717, 1.165) is 27.7 Å². The lowest BCUT2D eigenvalue weighted by atomic mass is 10.0. The number of nitrogens with two attached hydrogens (primary N) is 1. The summed E-state index contributed by atoms with van der Waals surface area (Å²) < 4.78 is 0. The Morgan fingerprint density at radius 1 is 0.950 bits per heavy atom. The molecule has 1 heterocycles. The number of aromatic amines is 1. The van der Waals surface area contributed by atoms with Crippen molar-refractivity contribution in [1.29, 1.82) is 0 Å². The van der Waals surface area contributed by atoms with Crippen molar-refractivity contribution < 1.29 is 0 Å². The number of H-pyrrole nitrogens is 1. The molecule has 0 saturated heterocycles. The van der Waals surface area contributed by atoms with Gasteiger partial charge in [0.2, 0.25) is 0 Å². The van der Waals surface area contributed by atoms with E-state index in [2.05, 4.69) is 4.98 Å². The highest BCUT2D eigenvalue weighted by atomic mass is 35.5. The first-order chi connectivity index (χ1) is 9.60. The Morgan fingerprint density at radius 2 is 1.65 bits per heavy atom. The van der Waals surface area contributed by atoms with Gasteiger partial charge in [-0.15, -0.1) is 0 Å². The zero-order chi connectivity index (χ0) is 14.3. The average molecular weight is 326 g/mol. The first-order valence-corrected chi connectivity index (χ1v) is 7.19. The normalized spacial score (nSPS) is 11.2. The molecule has 1 aromatic heterocycles. The summed E-state index contributed by atoms with van der Waals surface area (Å²) in [6, 6.07) is 11.1. The third kappa shape index (κ3) is 2.29. The van der Waals surface area contributed by atoms with Gasteiger partial charge in [0.15, 0.2) is 0 Å². The second kappa shape index (κ2) is 5.30. The lowest BCUT2D eigenvalue weighted by molar-refractivity contribution is 1.02. The minimum Gasteiger partial charge on any atom is -0.357 e. The van der Waals surface area contributed by atoms with E-state index >= 15 is 0 Å². The molecule has 3 N–H and O–H groups in total. The molecule has 5 heteroatoms. The smallest absolute Gasteiger partial charge is 0.0500 e. The van der Waals surface area contributed by atoms with Crippen LogP contribution in [0.1, 0.15) is 5.69 Å². The van der Waals surface area contributed by atoms with Crippen molar-refractivity contribution in [2.24, 2.45) is 5.73 Å². The summed E-state index contributed by atoms with van der Waals surface area (Å²) in [5.41, 5.74) is 9.61. The maximum atomic E-state index is 6.32. The molecular formula is C15H11Cl3N2. The molecule has 0 radical (unpaired) electrons. The van der Waals surface area contributed by atoms with E-state index in [-0.39, 0.29) is 0 Å². The number of hydrogen-bond donors (Lipinski definition) is 2. The Bertz CT molecular complexity index is 793. The van der Waals surface area contributed by atoms with Crippen LogP contribution in [0, 0.1) is 0 Å². The molecule has 3 aromatic rings. The van der Waals surface area contributed by atoms with E-state index in [1.165, 1.54) is 0 Å². The number of halogens is 3. The Labute approximate surface area is 131 Å². The molecule has 0 unspecified atom stereocenters. The molecule has 0 aliphatic carbocycles. The predicted molar refractivity (Wildman–Crippen MR) is 86.7 cm³/mol. The molecule has 0 saturated carbocycles. The van der Waals surface area contributed by atoms with Crippen molar-refractivity contribution >= 4 is 45.7 Å². The van der Waals surface area contributed by atoms with E-state index in [0.29, 0.717) is 21.6 Å². The number of aromatic nitrogens is 1. The number of fused-ring (bicyclic) bond motifs is 1. The summed E-state index contributed by atoms with van der Waals surface area (Å²) in [6.07, 6.45) is 0. The first-order valence-electron chi connectivity index (χ1n) is 6.05. The van der Waals surface area contributed by atoms with Crippen LogP contribution < -0.4 is 5.73 Å². The molecule has 2 aromatic carbocycles. The highest BCUT2D eigenvalue weighted by molar-refractivity contribution is 6.37. The van der Waals surface area contributed by atoms with Crippen LogP contribution in [-0.4, -0.2) is 4.98 Å². The van der Waals surface area contributed by atoms with Gasteiger partial charge in [0.1, 0.15) is 0 Å². The second-order valence-corrected chi connectivity index (χ2v) is 5.78. The van der Waals surface area contributed by atoms with E-state index in [4.69, 9.17) is 40.5 Å². The summed E-state index contributed by atoms with van der Waals surface area (Å²) in [6.45, 7) is 0.389. The summed E-state index contributed by atoms with van der Waals surface area (Å²) in [4.78, 5) is 3.31. The zero-order valence-electron chi connectivity index (χ0n) is 10.4. The van der Waals surface area contributed by atoms with E-state index in [1.54, 1.807) is 6.07 Å². The van der Waals surface area contributed by atoms with Crippen molar-refractivity contribution in [3.63, 3.8) is 0 Å². The largest absolute Gasteiger partial charge is 0.357 e. The van der Waals surface area contributed by atoms with E-state index < -0.39 is 0 Å². The molecule has 102 valence electrons. The number of hydrogen-bond acceptors (Lipinski definition) is 1. The van der Waals surface area contributed by atoms with Gasteiger partial charge in [-0.3, -0.25) is 0 Å². The van der Waals surface area contributed by atoms with Crippen LogP contribution in [0.5, 0.6) is 0 Å². The van der Waals surface area contributed by atoms with Crippen molar-refractivity contribution in [3.8, 4) is 11.1 Å².